The van der Waals surface area contributed by atoms with E-state index in [-0.39, 0.29) is 5.92 Å². The van der Waals surface area contributed by atoms with E-state index >= 15 is 0 Å². The second kappa shape index (κ2) is 10.5. The van der Waals surface area contributed by atoms with Crippen LogP contribution in [0.4, 0.5) is 0 Å². The number of nitrogens with zero attached hydrogens (tertiary/aromatic N) is 3. The van der Waals surface area contributed by atoms with E-state index < -0.39 is 0 Å². The molecule has 5 nitrogen and oxygen atoms in total. The number of aromatic nitrogens is 1. The summed E-state index contributed by atoms with van der Waals surface area (Å²) >= 11 is 0. The van der Waals surface area contributed by atoms with Crippen LogP contribution in [0.25, 0.3) is 0 Å². The molecule has 0 spiro atoms. The lowest BCUT2D eigenvalue weighted by atomic mass is 9.93. The molecule has 3 heterocycles. The maximum absolute atomic E-state index is 12.7. The predicted octanol–water partition coefficient (Wildman–Crippen LogP) is 3.45. The Hall–Kier alpha value is -1.46. The highest BCUT2D eigenvalue weighted by Crippen LogP contribution is 2.27. The largest absolute Gasteiger partial charge is 0.356 e. The molecule has 3 aliphatic rings. The maximum Gasteiger partial charge on any atom is 0.224 e. The van der Waals surface area contributed by atoms with E-state index in [2.05, 4.69) is 26.2 Å². The molecule has 3 fully saturated rings. The zero-order valence-electron chi connectivity index (χ0n) is 17.9. The van der Waals surface area contributed by atoms with Crippen molar-refractivity contribution < 1.29 is 4.79 Å². The van der Waals surface area contributed by atoms with Crippen LogP contribution in [-0.2, 0) is 11.3 Å². The van der Waals surface area contributed by atoms with Crippen molar-refractivity contribution in [3.8, 4) is 0 Å². The fourth-order valence-corrected chi connectivity index (χ4v) is 5.59. The van der Waals surface area contributed by atoms with Crippen molar-refractivity contribution in [1.82, 2.24) is 20.1 Å². The van der Waals surface area contributed by atoms with E-state index in [4.69, 9.17) is 0 Å². The van der Waals surface area contributed by atoms with E-state index in [0.717, 1.165) is 51.5 Å². The SMILES string of the molecule is O=C(NCCC1CCCC1)[C@@H]1CCCN(C2CCN(Cc3cccnc3)CC2)C1. The summed E-state index contributed by atoms with van der Waals surface area (Å²) < 4.78 is 0. The topological polar surface area (TPSA) is 48.5 Å². The van der Waals surface area contributed by atoms with Gasteiger partial charge in [-0.3, -0.25) is 19.6 Å². The Morgan fingerprint density at radius 1 is 1.07 bits per heavy atom. The van der Waals surface area contributed by atoms with Gasteiger partial charge in [0, 0.05) is 38.1 Å². The Balaban J connectivity index is 1.18. The van der Waals surface area contributed by atoms with E-state index in [9.17, 15) is 4.79 Å². The van der Waals surface area contributed by atoms with Gasteiger partial charge in [-0.2, -0.15) is 0 Å². The first-order valence-corrected chi connectivity index (χ1v) is 11.9. The summed E-state index contributed by atoms with van der Waals surface area (Å²) in [6.45, 7) is 6.31. The standard InChI is InChI=1S/C24H38N4O/c29-24(26-13-9-20-5-1-2-6-20)22-8-4-14-28(19-22)23-10-15-27(16-11-23)18-21-7-3-12-25-17-21/h3,7,12,17,20,22-23H,1-2,4-6,8-11,13-16,18-19H2,(H,26,29)/t22-/m1/s1. The quantitative estimate of drug-likeness (QED) is 0.764. The molecule has 2 aliphatic heterocycles. The molecule has 1 aromatic heterocycles. The van der Waals surface area contributed by atoms with Crippen molar-refractivity contribution in [2.45, 2.75) is 70.4 Å². The minimum Gasteiger partial charge on any atom is -0.356 e. The van der Waals surface area contributed by atoms with Gasteiger partial charge in [0.15, 0.2) is 0 Å². The molecule has 1 aromatic rings. The molecule has 1 amide bonds. The summed E-state index contributed by atoms with van der Waals surface area (Å²) in [6.07, 6.45) is 15.2. The van der Waals surface area contributed by atoms with Crippen LogP contribution in [0.3, 0.4) is 0 Å². The average Bonchev–Trinajstić information content (AvgIpc) is 3.29. The molecule has 1 N–H and O–H groups in total. The highest BCUT2D eigenvalue weighted by Gasteiger charge is 2.31. The summed E-state index contributed by atoms with van der Waals surface area (Å²) in [7, 11) is 0. The van der Waals surface area contributed by atoms with Gasteiger partial charge < -0.3 is 5.32 Å². The number of amides is 1. The number of hydrogen-bond acceptors (Lipinski definition) is 4. The third-order valence-corrected chi connectivity index (χ3v) is 7.35. The smallest absolute Gasteiger partial charge is 0.224 e. The van der Waals surface area contributed by atoms with Gasteiger partial charge in [-0.05, 0) is 69.3 Å². The molecule has 2 saturated heterocycles. The monoisotopic (exact) mass is 398 g/mol. The van der Waals surface area contributed by atoms with Crippen molar-refractivity contribution in [3.05, 3.63) is 30.1 Å². The van der Waals surface area contributed by atoms with Gasteiger partial charge in [0.2, 0.25) is 5.91 Å². The molecule has 1 saturated carbocycles. The van der Waals surface area contributed by atoms with Crippen molar-refractivity contribution in [1.29, 1.82) is 0 Å². The molecule has 0 unspecified atom stereocenters. The number of hydrogen-bond donors (Lipinski definition) is 1. The molecule has 4 rings (SSSR count). The van der Waals surface area contributed by atoms with Gasteiger partial charge in [-0.15, -0.1) is 0 Å². The zero-order chi connectivity index (χ0) is 19.9. The van der Waals surface area contributed by atoms with E-state index in [1.54, 1.807) is 0 Å². The Kier molecular flexibility index (Phi) is 7.55. The molecular formula is C24H38N4O. The Bertz CT molecular complexity index is 623. The van der Waals surface area contributed by atoms with Gasteiger partial charge in [-0.1, -0.05) is 31.7 Å². The number of carbonyl (C=O) groups excluding carboxylic acids is 1. The van der Waals surface area contributed by atoms with E-state index in [0.29, 0.717) is 11.9 Å². The number of nitrogens with one attached hydrogen (secondary N) is 1. The second-order valence-electron chi connectivity index (χ2n) is 9.43. The molecule has 160 valence electrons. The second-order valence-corrected chi connectivity index (χ2v) is 9.43. The molecule has 0 aromatic carbocycles. The molecule has 1 atom stereocenters. The van der Waals surface area contributed by atoms with Crippen LogP contribution >= 0.6 is 0 Å². The van der Waals surface area contributed by atoms with E-state index in [1.807, 2.05) is 18.5 Å². The summed E-state index contributed by atoms with van der Waals surface area (Å²) in [6, 6.07) is 4.84. The highest BCUT2D eigenvalue weighted by molar-refractivity contribution is 5.78. The summed E-state index contributed by atoms with van der Waals surface area (Å²) in [5, 5.41) is 3.26. The highest BCUT2D eigenvalue weighted by atomic mass is 16.1. The first-order valence-electron chi connectivity index (χ1n) is 11.9. The Labute approximate surface area is 176 Å². The third-order valence-electron chi connectivity index (χ3n) is 7.35. The predicted molar refractivity (Wildman–Crippen MR) is 116 cm³/mol. The van der Waals surface area contributed by atoms with Crippen LogP contribution < -0.4 is 5.32 Å². The number of likely N-dealkylation sites (tertiary alicyclic amines) is 2. The first kappa shape index (κ1) is 20.8. The van der Waals surface area contributed by atoms with Crippen molar-refractivity contribution in [2.24, 2.45) is 11.8 Å². The van der Waals surface area contributed by atoms with Gasteiger partial charge in [0.05, 0.1) is 5.92 Å². The minimum absolute atomic E-state index is 0.195. The zero-order valence-corrected chi connectivity index (χ0v) is 17.9. The summed E-state index contributed by atoms with van der Waals surface area (Å²) in [5.41, 5.74) is 1.30. The summed E-state index contributed by atoms with van der Waals surface area (Å²) in [5.74, 6) is 1.36. The summed E-state index contributed by atoms with van der Waals surface area (Å²) in [4.78, 5) is 22.1. The van der Waals surface area contributed by atoms with Crippen molar-refractivity contribution in [3.63, 3.8) is 0 Å². The average molecular weight is 399 g/mol. The molecule has 0 radical (unpaired) electrons. The lowest BCUT2D eigenvalue weighted by Crippen LogP contribution is -2.50. The first-order chi connectivity index (χ1) is 14.3. The van der Waals surface area contributed by atoms with Gasteiger partial charge in [0.1, 0.15) is 0 Å². The number of carbonyl (C=O) groups is 1. The Morgan fingerprint density at radius 2 is 1.90 bits per heavy atom. The van der Waals surface area contributed by atoms with Gasteiger partial charge in [0.25, 0.3) is 0 Å². The minimum atomic E-state index is 0.195. The normalized spacial score (nSPS) is 25.3. The lowest BCUT2D eigenvalue weighted by Gasteiger charge is -2.42. The molecule has 0 bridgehead atoms. The van der Waals surface area contributed by atoms with Crippen LogP contribution in [0, 0.1) is 11.8 Å². The molecule has 29 heavy (non-hydrogen) atoms. The lowest BCUT2D eigenvalue weighted by molar-refractivity contribution is -0.127. The fourth-order valence-electron chi connectivity index (χ4n) is 5.59. The van der Waals surface area contributed by atoms with Crippen LogP contribution in [0.1, 0.15) is 63.4 Å². The Morgan fingerprint density at radius 3 is 2.66 bits per heavy atom. The van der Waals surface area contributed by atoms with E-state index in [1.165, 1.54) is 57.1 Å². The van der Waals surface area contributed by atoms with Crippen LogP contribution in [0.5, 0.6) is 0 Å². The maximum atomic E-state index is 12.7. The fraction of sp³-hybridized carbons (Fsp3) is 0.750. The van der Waals surface area contributed by atoms with Crippen LogP contribution in [0.2, 0.25) is 0 Å². The van der Waals surface area contributed by atoms with Crippen LogP contribution in [0.15, 0.2) is 24.5 Å². The third kappa shape index (κ3) is 6.02. The van der Waals surface area contributed by atoms with Crippen molar-refractivity contribution >= 4 is 5.91 Å². The molecular weight excluding hydrogens is 360 g/mol. The van der Waals surface area contributed by atoms with Gasteiger partial charge >= 0.3 is 0 Å². The number of rotatable bonds is 7. The molecule has 1 aliphatic carbocycles. The number of pyridine rings is 1. The van der Waals surface area contributed by atoms with Gasteiger partial charge in [-0.25, -0.2) is 0 Å². The number of piperidine rings is 2. The van der Waals surface area contributed by atoms with Crippen molar-refractivity contribution in [2.75, 3.05) is 32.7 Å². The van der Waals surface area contributed by atoms with Crippen LogP contribution in [-0.4, -0.2) is 59.5 Å². The molecule has 5 heteroatoms.